The molecule has 0 radical (unpaired) electrons. The molecule has 2 N–H and O–H groups in total. The molecule has 29 heavy (non-hydrogen) atoms. The van der Waals surface area contributed by atoms with Crippen LogP contribution in [-0.4, -0.2) is 49.4 Å². The van der Waals surface area contributed by atoms with Crippen LogP contribution in [0, 0.1) is 0 Å². The first-order valence-electron chi connectivity index (χ1n) is 8.83. The van der Waals surface area contributed by atoms with Gasteiger partial charge < -0.3 is 15.2 Å². The molecule has 1 aliphatic heterocycles. The Hall–Kier alpha value is -2.62. The Kier molecular flexibility index (Phi) is 6.41. The van der Waals surface area contributed by atoms with Gasteiger partial charge in [-0.3, -0.25) is 4.79 Å². The van der Waals surface area contributed by atoms with Crippen LogP contribution in [0.15, 0.2) is 47.4 Å². The average Bonchev–Trinajstić information content (AvgIpc) is 3.22. The van der Waals surface area contributed by atoms with Gasteiger partial charge in [-0.25, -0.2) is 13.2 Å². The molecule has 0 unspecified atom stereocenters. The first-order valence-corrected chi connectivity index (χ1v) is 10.6. The molecule has 1 aliphatic rings. The summed E-state index contributed by atoms with van der Waals surface area (Å²) in [6.45, 7) is 0.350. The number of esters is 1. The second-order valence-corrected chi connectivity index (χ2v) is 8.80. The summed E-state index contributed by atoms with van der Waals surface area (Å²) in [6, 6.07) is 9.76. The van der Waals surface area contributed by atoms with Crippen molar-refractivity contribution < 1.29 is 27.9 Å². The number of amides is 1. The third kappa shape index (κ3) is 5.06. The van der Waals surface area contributed by atoms with Crippen molar-refractivity contribution in [1.82, 2.24) is 4.31 Å². The Morgan fingerprint density at radius 1 is 1.14 bits per heavy atom. The summed E-state index contributed by atoms with van der Waals surface area (Å²) in [6.07, 6.45) is 1.65. The van der Waals surface area contributed by atoms with Crippen LogP contribution in [0.1, 0.15) is 23.2 Å². The molecule has 154 valence electrons. The summed E-state index contributed by atoms with van der Waals surface area (Å²) >= 11 is 5.70. The Morgan fingerprint density at radius 3 is 2.55 bits per heavy atom. The molecule has 8 nitrogen and oxygen atoms in total. The molecule has 0 aliphatic carbocycles. The summed E-state index contributed by atoms with van der Waals surface area (Å²) in [4.78, 5) is 24.1. The number of carbonyl (C=O) groups is 2. The van der Waals surface area contributed by atoms with Crippen LogP contribution in [0.4, 0.5) is 5.69 Å². The van der Waals surface area contributed by atoms with Gasteiger partial charge in [-0.2, -0.15) is 4.31 Å². The van der Waals surface area contributed by atoms with Gasteiger partial charge in [0.1, 0.15) is 11.3 Å². The fourth-order valence-electron chi connectivity index (χ4n) is 2.90. The summed E-state index contributed by atoms with van der Waals surface area (Å²) in [5, 5.41) is 12.5. The predicted octanol–water partition coefficient (Wildman–Crippen LogP) is 2.63. The first kappa shape index (κ1) is 21.1. The first-order chi connectivity index (χ1) is 13.8. The molecular formula is C19H19ClN2O6S. The number of rotatable bonds is 6. The highest BCUT2D eigenvalue weighted by Gasteiger charge is 2.27. The van der Waals surface area contributed by atoms with Crippen molar-refractivity contribution >= 4 is 39.2 Å². The highest BCUT2D eigenvalue weighted by atomic mass is 35.5. The number of sulfonamides is 1. The highest BCUT2D eigenvalue weighted by molar-refractivity contribution is 7.89. The number of phenolic OH excluding ortho intramolecular Hbond substituents is 1. The number of phenols is 1. The average molecular weight is 439 g/mol. The molecule has 1 saturated heterocycles. The summed E-state index contributed by atoms with van der Waals surface area (Å²) in [5.74, 6) is -1.90. The number of nitrogens with zero attached hydrogens (tertiary/aromatic N) is 1. The van der Waals surface area contributed by atoms with Gasteiger partial charge in [-0.15, -0.1) is 0 Å². The zero-order valence-corrected chi connectivity index (χ0v) is 16.9. The Balaban J connectivity index is 1.61. The van der Waals surface area contributed by atoms with E-state index in [4.69, 9.17) is 16.3 Å². The lowest BCUT2D eigenvalue weighted by Crippen LogP contribution is -2.28. The number of carbonyl (C=O) groups excluding carboxylic acids is 2. The van der Waals surface area contributed by atoms with Crippen molar-refractivity contribution in [2.24, 2.45) is 0 Å². The quantitative estimate of drug-likeness (QED) is 0.670. The third-order valence-electron chi connectivity index (χ3n) is 4.33. The molecule has 0 atom stereocenters. The second-order valence-electron chi connectivity index (χ2n) is 6.42. The molecule has 1 heterocycles. The van der Waals surface area contributed by atoms with Crippen molar-refractivity contribution in [3.8, 4) is 5.75 Å². The summed E-state index contributed by atoms with van der Waals surface area (Å²) in [5.41, 5.74) is 0.140. The van der Waals surface area contributed by atoms with Crippen LogP contribution < -0.4 is 5.32 Å². The van der Waals surface area contributed by atoms with Crippen LogP contribution in [0.25, 0.3) is 0 Å². The minimum atomic E-state index is -3.61. The van der Waals surface area contributed by atoms with Gasteiger partial charge in [-0.05, 0) is 49.2 Å². The fourth-order valence-corrected chi connectivity index (χ4v) is 4.63. The predicted molar refractivity (Wildman–Crippen MR) is 106 cm³/mol. The van der Waals surface area contributed by atoms with Crippen molar-refractivity contribution in [2.75, 3.05) is 25.0 Å². The molecular weight excluding hydrogens is 420 g/mol. The van der Waals surface area contributed by atoms with E-state index in [0.717, 1.165) is 12.8 Å². The van der Waals surface area contributed by atoms with Gasteiger partial charge in [-0.1, -0.05) is 17.7 Å². The molecule has 3 rings (SSSR count). The zero-order chi connectivity index (χ0) is 21.0. The van der Waals surface area contributed by atoms with Gasteiger partial charge in [0.25, 0.3) is 5.91 Å². The third-order valence-corrected chi connectivity index (χ3v) is 6.46. The van der Waals surface area contributed by atoms with Crippen LogP contribution >= 0.6 is 11.6 Å². The van der Waals surface area contributed by atoms with E-state index < -0.39 is 28.5 Å². The number of halogens is 1. The number of ether oxygens (including phenoxy) is 1. The molecule has 1 amide bonds. The maximum atomic E-state index is 12.6. The van der Waals surface area contributed by atoms with Crippen LogP contribution in [0.2, 0.25) is 5.02 Å². The number of anilines is 1. The van der Waals surface area contributed by atoms with E-state index in [1.54, 1.807) is 0 Å². The summed E-state index contributed by atoms with van der Waals surface area (Å²) < 4.78 is 31.5. The van der Waals surface area contributed by atoms with Crippen molar-refractivity contribution in [1.29, 1.82) is 0 Å². The van der Waals surface area contributed by atoms with E-state index in [9.17, 15) is 23.1 Å². The van der Waals surface area contributed by atoms with Crippen molar-refractivity contribution in [3.05, 3.63) is 53.1 Å². The number of aromatic hydroxyl groups is 1. The molecule has 0 saturated carbocycles. The number of benzene rings is 2. The van der Waals surface area contributed by atoms with Gasteiger partial charge in [0, 0.05) is 23.8 Å². The SMILES string of the molecule is O=C(COC(=O)c1ccc(Cl)cc1O)Nc1cccc(S(=O)(=O)N2CCCC2)c1. The fraction of sp³-hybridized carbons (Fsp3) is 0.263. The van der Waals surface area contributed by atoms with Gasteiger partial charge in [0.05, 0.1) is 4.90 Å². The van der Waals surface area contributed by atoms with Crippen LogP contribution in [-0.2, 0) is 19.6 Å². The molecule has 0 spiro atoms. The number of nitrogens with one attached hydrogen (secondary N) is 1. The minimum absolute atomic E-state index is 0.0836. The van der Waals surface area contributed by atoms with E-state index in [0.29, 0.717) is 13.1 Å². The normalized spacial score (nSPS) is 14.5. The summed E-state index contributed by atoms with van der Waals surface area (Å²) in [7, 11) is -3.61. The molecule has 2 aromatic rings. The molecule has 1 fully saturated rings. The monoisotopic (exact) mass is 438 g/mol. The van der Waals surface area contributed by atoms with Crippen molar-refractivity contribution in [3.63, 3.8) is 0 Å². The number of hydrogen-bond acceptors (Lipinski definition) is 6. The van der Waals surface area contributed by atoms with E-state index in [1.807, 2.05) is 0 Å². The Morgan fingerprint density at radius 2 is 1.86 bits per heavy atom. The maximum absolute atomic E-state index is 12.6. The largest absolute Gasteiger partial charge is 0.507 e. The Labute approximate surface area is 173 Å². The Bertz CT molecular complexity index is 1030. The topological polar surface area (TPSA) is 113 Å². The smallest absolute Gasteiger partial charge is 0.342 e. The minimum Gasteiger partial charge on any atom is -0.507 e. The van der Waals surface area contributed by atoms with Crippen LogP contribution in [0.3, 0.4) is 0 Å². The lowest BCUT2D eigenvalue weighted by molar-refractivity contribution is -0.119. The van der Waals surface area contributed by atoms with Gasteiger partial charge in [0.15, 0.2) is 6.61 Å². The maximum Gasteiger partial charge on any atom is 0.342 e. The van der Waals surface area contributed by atoms with Crippen molar-refractivity contribution in [2.45, 2.75) is 17.7 Å². The van der Waals surface area contributed by atoms with E-state index in [1.165, 1.54) is 46.8 Å². The molecule has 10 heteroatoms. The number of hydrogen-bond donors (Lipinski definition) is 2. The van der Waals surface area contributed by atoms with Gasteiger partial charge >= 0.3 is 5.97 Å². The van der Waals surface area contributed by atoms with Crippen LogP contribution in [0.5, 0.6) is 5.75 Å². The standard InChI is InChI=1S/C19H19ClN2O6S/c20-13-6-7-16(17(23)10-13)19(25)28-12-18(24)21-14-4-3-5-15(11-14)29(26,27)22-8-1-2-9-22/h3-7,10-11,23H,1-2,8-9,12H2,(H,21,24). The highest BCUT2D eigenvalue weighted by Crippen LogP contribution is 2.24. The molecule has 2 aromatic carbocycles. The lowest BCUT2D eigenvalue weighted by Gasteiger charge is -2.16. The second kappa shape index (κ2) is 8.81. The van der Waals surface area contributed by atoms with E-state index >= 15 is 0 Å². The van der Waals surface area contributed by atoms with E-state index in [2.05, 4.69) is 5.32 Å². The zero-order valence-electron chi connectivity index (χ0n) is 15.3. The molecule has 0 aromatic heterocycles. The van der Waals surface area contributed by atoms with Gasteiger partial charge in [0.2, 0.25) is 10.0 Å². The van der Waals surface area contributed by atoms with E-state index in [-0.39, 0.29) is 26.9 Å². The lowest BCUT2D eigenvalue weighted by atomic mass is 10.2. The molecule has 0 bridgehead atoms.